The second kappa shape index (κ2) is 10.8. The van der Waals surface area contributed by atoms with Gasteiger partial charge in [0.15, 0.2) is 0 Å². The molecule has 0 aliphatic carbocycles. The Kier molecular flexibility index (Phi) is 5.92. The third-order valence-electron chi connectivity index (χ3n) is 10.5. The lowest BCUT2D eigenvalue weighted by atomic mass is 9.97. The first-order valence-corrected chi connectivity index (χ1v) is 17.4. The van der Waals surface area contributed by atoms with Gasteiger partial charge in [-0.1, -0.05) is 109 Å². The number of pyridine rings is 1. The summed E-state index contributed by atoms with van der Waals surface area (Å²) in [7, 11) is 0. The van der Waals surface area contributed by atoms with Gasteiger partial charge >= 0.3 is 0 Å². The van der Waals surface area contributed by atoms with Crippen LogP contribution in [0.4, 0.5) is 0 Å². The Morgan fingerprint density at radius 2 is 0.863 bits per heavy atom. The summed E-state index contributed by atoms with van der Waals surface area (Å²) in [5, 5.41) is 7.24. The van der Waals surface area contributed by atoms with Crippen LogP contribution < -0.4 is 0 Å². The largest absolute Gasteiger partial charge is 0.309 e. The van der Waals surface area contributed by atoms with E-state index in [1.54, 1.807) is 0 Å². The highest BCUT2D eigenvalue weighted by Gasteiger charge is 2.23. The third kappa shape index (κ3) is 3.99. The summed E-state index contributed by atoms with van der Waals surface area (Å²) in [4.78, 5) is 4.57. The maximum absolute atomic E-state index is 4.57. The van der Waals surface area contributed by atoms with E-state index < -0.39 is 0 Å². The molecule has 4 heteroatoms. The van der Waals surface area contributed by atoms with Crippen LogP contribution in [-0.4, -0.2) is 18.7 Å². The molecule has 4 heterocycles. The molecule has 0 radical (unpaired) electrons. The predicted octanol–water partition coefficient (Wildman–Crippen LogP) is 12.0. The standard InChI is InChI=1S/C47H30N4/c1-3-14-31(15-4-1)49-41-23-10-8-19-34(41)38-28-39(46(29-45(38)49)51-43-25-12-9-20-35(43)40-30-48-27-26-44(40)51)37-22-13-21-36-33-18-7-11-24-42(33)50(47(36)37)32-16-5-2-6-17-32/h1-30H. The minimum absolute atomic E-state index is 1.12. The molecular weight excluding hydrogens is 621 g/mol. The minimum atomic E-state index is 1.12. The topological polar surface area (TPSA) is 27.7 Å². The highest BCUT2D eigenvalue weighted by atomic mass is 15.0. The van der Waals surface area contributed by atoms with Gasteiger partial charge in [-0.25, -0.2) is 0 Å². The van der Waals surface area contributed by atoms with Crippen LogP contribution >= 0.6 is 0 Å². The summed E-state index contributed by atoms with van der Waals surface area (Å²) in [6.45, 7) is 0. The van der Waals surface area contributed by atoms with Crippen LogP contribution in [0.2, 0.25) is 0 Å². The van der Waals surface area contributed by atoms with E-state index in [1.165, 1.54) is 54.6 Å². The van der Waals surface area contributed by atoms with Crippen LogP contribution in [0, 0.1) is 0 Å². The average molecular weight is 651 g/mol. The Hall–Kier alpha value is -6.91. The minimum Gasteiger partial charge on any atom is -0.309 e. The second-order valence-corrected chi connectivity index (χ2v) is 13.2. The summed E-state index contributed by atoms with van der Waals surface area (Å²) in [6.07, 6.45) is 3.91. The van der Waals surface area contributed by atoms with E-state index in [9.17, 15) is 0 Å². The van der Waals surface area contributed by atoms with E-state index in [-0.39, 0.29) is 0 Å². The van der Waals surface area contributed by atoms with Crippen molar-refractivity contribution in [1.82, 2.24) is 18.7 Å². The van der Waals surface area contributed by atoms with Gasteiger partial charge in [-0.3, -0.25) is 4.98 Å². The summed E-state index contributed by atoms with van der Waals surface area (Å²) >= 11 is 0. The number of nitrogens with zero attached hydrogens (tertiary/aromatic N) is 4. The Bertz CT molecular complexity index is 3070. The number of para-hydroxylation sites is 6. The lowest BCUT2D eigenvalue weighted by Crippen LogP contribution is -2.01. The molecule has 0 amide bonds. The first kappa shape index (κ1) is 28.0. The van der Waals surface area contributed by atoms with Crippen LogP contribution in [0.5, 0.6) is 0 Å². The van der Waals surface area contributed by atoms with Crippen molar-refractivity contribution in [2.45, 2.75) is 0 Å². The molecule has 51 heavy (non-hydrogen) atoms. The fraction of sp³-hybridized carbons (Fsp3) is 0. The predicted molar refractivity (Wildman–Crippen MR) is 213 cm³/mol. The van der Waals surface area contributed by atoms with Gasteiger partial charge in [0.25, 0.3) is 0 Å². The second-order valence-electron chi connectivity index (χ2n) is 13.2. The van der Waals surface area contributed by atoms with Gasteiger partial charge in [0.05, 0.1) is 38.8 Å². The number of hydrogen-bond donors (Lipinski definition) is 0. The molecule has 11 rings (SSSR count). The van der Waals surface area contributed by atoms with Crippen molar-refractivity contribution >= 4 is 65.4 Å². The van der Waals surface area contributed by atoms with Crippen molar-refractivity contribution in [2.24, 2.45) is 0 Å². The number of fused-ring (bicyclic) bond motifs is 9. The van der Waals surface area contributed by atoms with Crippen LogP contribution in [0.1, 0.15) is 0 Å². The lowest BCUT2D eigenvalue weighted by Gasteiger charge is -2.18. The van der Waals surface area contributed by atoms with Crippen LogP contribution in [0.15, 0.2) is 182 Å². The van der Waals surface area contributed by atoms with E-state index in [4.69, 9.17) is 0 Å². The van der Waals surface area contributed by atoms with Gasteiger partial charge in [-0.2, -0.15) is 0 Å². The summed E-state index contributed by atoms with van der Waals surface area (Å²) in [5.74, 6) is 0. The third-order valence-corrected chi connectivity index (χ3v) is 10.5. The zero-order chi connectivity index (χ0) is 33.5. The molecule has 0 spiro atoms. The molecule has 0 bridgehead atoms. The molecule has 0 saturated carbocycles. The van der Waals surface area contributed by atoms with Gasteiger partial charge in [0.1, 0.15) is 0 Å². The quantitative estimate of drug-likeness (QED) is 0.186. The molecule has 0 saturated heterocycles. The van der Waals surface area contributed by atoms with Crippen molar-refractivity contribution < 1.29 is 0 Å². The molecule has 238 valence electrons. The monoisotopic (exact) mass is 650 g/mol. The van der Waals surface area contributed by atoms with Crippen molar-refractivity contribution in [3.05, 3.63) is 182 Å². The fourth-order valence-corrected chi connectivity index (χ4v) is 8.42. The van der Waals surface area contributed by atoms with Crippen molar-refractivity contribution in [3.8, 4) is 28.2 Å². The molecule has 4 aromatic heterocycles. The molecule has 0 fully saturated rings. The van der Waals surface area contributed by atoms with E-state index in [0.29, 0.717) is 0 Å². The Morgan fingerprint density at radius 3 is 1.57 bits per heavy atom. The molecule has 0 aliphatic heterocycles. The van der Waals surface area contributed by atoms with E-state index in [0.717, 1.165) is 39.0 Å². The first-order valence-electron chi connectivity index (χ1n) is 17.4. The summed E-state index contributed by atoms with van der Waals surface area (Å²) in [5.41, 5.74) is 12.8. The van der Waals surface area contributed by atoms with Crippen molar-refractivity contribution in [1.29, 1.82) is 0 Å². The van der Waals surface area contributed by atoms with Gasteiger partial charge in [-0.15, -0.1) is 0 Å². The molecule has 0 N–H and O–H groups in total. The van der Waals surface area contributed by atoms with Crippen LogP contribution in [0.3, 0.4) is 0 Å². The maximum atomic E-state index is 4.57. The van der Waals surface area contributed by atoms with Gasteiger partial charge in [0.2, 0.25) is 0 Å². The van der Waals surface area contributed by atoms with Crippen LogP contribution in [0.25, 0.3) is 93.6 Å². The van der Waals surface area contributed by atoms with Crippen molar-refractivity contribution in [3.63, 3.8) is 0 Å². The molecule has 0 aliphatic rings. The normalized spacial score (nSPS) is 11.9. The molecule has 4 nitrogen and oxygen atoms in total. The lowest BCUT2D eigenvalue weighted by molar-refractivity contribution is 1.15. The van der Waals surface area contributed by atoms with Crippen LogP contribution in [-0.2, 0) is 0 Å². The maximum Gasteiger partial charge on any atom is 0.0620 e. The zero-order valence-electron chi connectivity index (χ0n) is 27.6. The fourth-order valence-electron chi connectivity index (χ4n) is 8.42. The number of benzene rings is 7. The average Bonchev–Trinajstić information content (AvgIpc) is 3.84. The molecule has 7 aromatic carbocycles. The summed E-state index contributed by atoms with van der Waals surface area (Å²) in [6, 6.07) is 61.5. The number of hydrogen-bond acceptors (Lipinski definition) is 1. The van der Waals surface area contributed by atoms with E-state index >= 15 is 0 Å². The SMILES string of the molecule is c1ccc(-n2c3ccccc3c3cc(-c4cccc5c6ccccc6n(-c6ccccc6)c45)c(-n4c5ccccc5c5cnccc54)cc32)cc1. The van der Waals surface area contributed by atoms with Gasteiger partial charge in [0, 0.05) is 67.2 Å². The highest BCUT2D eigenvalue weighted by molar-refractivity contribution is 6.18. The summed E-state index contributed by atoms with van der Waals surface area (Å²) < 4.78 is 7.30. The smallest absolute Gasteiger partial charge is 0.0620 e. The van der Waals surface area contributed by atoms with E-state index in [2.05, 4.69) is 189 Å². The number of aromatic nitrogens is 4. The molecule has 0 atom stereocenters. The van der Waals surface area contributed by atoms with Gasteiger partial charge < -0.3 is 13.7 Å². The Labute approximate surface area is 293 Å². The number of rotatable bonds is 4. The molecule has 11 aromatic rings. The first-order chi connectivity index (χ1) is 25.3. The molecular formula is C47H30N4. The Balaban J connectivity index is 1.36. The van der Waals surface area contributed by atoms with Gasteiger partial charge in [-0.05, 0) is 60.7 Å². The van der Waals surface area contributed by atoms with Crippen molar-refractivity contribution in [2.75, 3.05) is 0 Å². The zero-order valence-corrected chi connectivity index (χ0v) is 27.6. The van der Waals surface area contributed by atoms with E-state index in [1.807, 2.05) is 12.4 Å². The highest BCUT2D eigenvalue weighted by Crippen LogP contribution is 2.45. The molecule has 0 unspecified atom stereocenters. The Morgan fingerprint density at radius 1 is 0.333 bits per heavy atom.